The Morgan fingerprint density at radius 1 is 1.12 bits per heavy atom. The van der Waals surface area contributed by atoms with Crippen molar-refractivity contribution < 1.29 is 14.3 Å². The zero-order chi connectivity index (χ0) is 18.9. The third kappa shape index (κ3) is 6.10. The average molecular weight is 355 g/mol. The number of carbonyl (C=O) groups excluding carboxylic acids is 1. The number of amides is 1. The van der Waals surface area contributed by atoms with Crippen LogP contribution in [0.3, 0.4) is 0 Å². The Hall–Kier alpha value is -2.49. The van der Waals surface area contributed by atoms with E-state index in [-0.39, 0.29) is 12.5 Å². The molecule has 2 aromatic rings. The van der Waals surface area contributed by atoms with Crippen LogP contribution in [0, 0.1) is 6.92 Å². The highest BCUT2D eigenvalue weighted by molar-refractivity contribution is 5.77. The van der Waals surface area contributed by atoms with Gasteiger partial charge in [-0.1, -0.05) is 38.1 Å². The molecule has 0 bridgehead atoms. The lowest BCUT2D eigenvalue weighted by Gasteiger charge is -2.14. The molecule has 4 nitrogen and oxygen atoms in total. The second-order valence-corrected chi connectivity index (χ2v) is 6.79. The first-order valence-corrected chi connectivity index (χ1v) is 9.12. The molecule has 0 atom stereocenters. The van der Waals surface area contributed by atoms with Crippen LogP contribution in [-0.2, 0) is 11.2 Å². The predicted octanol–water partition coefficient (Wildman–Crippen LogP) is 4.25. The molecule has 0 radical (unpaired) electrons. The van der Waals surface area contributed by atoms with Gasteiger partial charge in [-0.3, -0.25) is 4.79 Å². The lowest BCUT2D eigenvalue weighted by Crippen LogP contribution is -2.30. The molecule has 140 valence electrons. The van der Waals surface area contributed by atoms with Crippen molar-refractivity contribution in [3.63, 3.8) is 0 Å². The van der Waals surface area contributed by atoms with Crippen LogP contribution in [0.5, 0.6) is 11.5 Å². The summed E-state index contributed by atoms with van der Waals surface area (Å²) in [5.41, 5.74) is 3.49. The van der Waals surface area contributed by atoms with E-state index >= 15 is 0 Å². The summed E-state index contributed by atoms with van der Waals surface area (Å²) < 4.78 is 10.9. The Kier molecular flexibility index (Phi) is 7.52. The van der Waals surface area contributed by atoms with E-state index in [2.05, 4.69) is 43.4 Å². The Bertz CT molecular complexity index is 708. The summed E-state index contributed by atoms with van der Waals surface area (Å²) in [4.78, 5) is 12.0. The molecule has 0 aliphatic carbocycles. The first-order valence-electron chi connectivity index (χ1n) is 9.12. The molecule has 2 aromatic carbocycles. The van der Waals surface area contributed by atoms with Gasteiger partial charge < -0.3 is 14.8 Å². The van der Waals surface area contributed by atoms with E-state index in [1.807, 2.05) is 25.1 Å². The smallest absolute Gasteiger partial charge is 0.257 e. The summed E-state index contributed by atoms with van der Waals surface area (Å²) in [5, 5.41) is 2.92. The summed E-state index contributed by atoms with van der Waals surface area (Å²) in [6.07, 6.45) is 1.81. The Morgan fingerprint density at radius 2 is 1.85 bits per heavy atom. The summed E-state index contributed by atoms with van der Waals surface area (Å²) in [6.45, 7) is 6.95. The van der Waals surface area contributed by atoms with Crippen molar-refractivity contribution in [1.29, 1.82) is 0 Å². The Balaban J connectivity index is 1.73. The molecular formula is C22H29NO3. The van der Waals surface area contributed by atoms with Crippen molar-refractivity contribution in [1.82, 2.24) is 5.32 Å². The molecule has 0 saturated carbocycles. The predicted molar refractivity (Wildman–Crippen MR) is 105 cm³/mol. The lowest BCUT2D eigenvalue weighted by molar-refractivity contribution is -0.123. The largest absolute Gasteiger partial charge is 0.497 e. The standard InChI is InChI=1S/C22H29NO3/c1-16(2)20-12-7-17(3)14-21(20)26-15-22(24)23-13-5-6-18-8-10-19(25-4)11-9-18/h7-12,14,16H,5-6,13,15H2,1-4H3,(H,23,24). The van der Waals surface area contributed by atoms with Gasteiger partial charge in [0, 0.05) is 6.54 Å². The van der Waals surface area contributed by atoms with Gasteiger partial charge in [0.15, 0.2) is 6.61 Å². The van der Waals surface area contributed by atoms with Crippen LogP contribution in [0.25, 0.3) is 0 Å². The summed E-state index contributed by atoms with van der Waals surface area (Å²) in [5.74, 6) is 1.93. The van der Waals surface area contributed by atoms with E-state index in [1.54, 1.807) is 7.11 Å². The fourth-order valence-corrected chi connectivity index (χ4v) is 2.75. The van der Waals surface area contributed by atoms with Crippen molar-refractivity contribution in [3.05, 3.63) is 59.2 Å². The normalized spacial score (nSPS) is 10.7. The molecule has 0 aliphatic heterocycles. The molecule has 1 N–H and O–H groups in total. The second kappa shape index (κ2) is 9.85. The summed E-state index contributed by atoms with van der Waals surface area (Å²) in [6, 6.07) is 14.1. The van der Waals surface area contributed by atoms with Crippen LogP contribution in [0.4, 0.5) is 0 Å². The second-order valence-electron chi connectivity index (χ2n) is 6.79. The number of hydrogen-bond acceptors (Lipinski definition) is 3. The van der Waals surface area contributed by atoms with Crippen molar-refractivity contribution in [2.75, 3.05) is 20.3 Å². The molecule has 0 fully saturated rings. The van der Waals surface area contributed by atoms with E-state index in [9.17, 15) is 4.79 Å². The molecular weight excluding hydrogens is 326 g/mol. The van der Waals surface area contributed by atoms with Crippen LogP contribution in [0.1, 0.15) is 42.9 Å². The van der Waals surface area contributed by atoms with Crippen molar-refractivity contribution in [3.8, 4) is 11.5 Å². The average Bonchev–Trinajstić information content (AvgIpc) is 2.64. The van der Waals surface area contributed by atoms with Crippen LogP contribution < -0.4 is 14.8 Å². The minimum atomic E-state index is -0.0871. The van der Waals surface area contributed by atoms with Gasteiger partial charge in [-0.15, -0.1) is 0 Å². The van der Waals surface area contributed by atoms with Gasteiger partial charge in [-0.05, 0) is 60.6 Å². The van der Waals surface area contributed by atoms with Gasteiger partial charge in [0.25, 0.3) is 5.91 Å². The van der Waals surface area contributed by atoms with Gasteiger partial charge >= 0.3 is 0 Å². The maximum Gasteiger partial charge on any atom is 0.257 e. The number of carbonyl (C=O) groups is 1. The fourth-order valence-electron chi connectivity index (χ4n) is 2.75. The molecule has 0 saturated heterocycles. The maximum atomic E-state index is 12.0. The van der Waals surface area contributed by atoms with Crippen LogP contribution in [0.15, 0.2) is 42.5 Å². The number of nitrogens with one attached hydrogen (secondary N) is 1. The molecule has 0 spiro atoms. The first kappa shape index (κ1) is 19.8. The molecule has 0 unspecified atom stereocenters. The van der Waals surface area contributed by atoms with E-state index in [0.29, 0.717) is 12.5 Å². The van der Waals surface area contributed by atoms with Crippen LogP contribution >= 0.6 is 0 Å². The maximum absolute atomic E-state index is 12.0. The van der Waals surface area contributed by atoms with Gasteiger partial charge in [-0.2, -0.15) is 0 Å². The molecule has 0 heterocycles. The van der Waals surface area contributed by atoms with E-state index in [1.165, 1.54) is 5.56 Å². The highest BCUT2D eigenvalue weighted by Gasteiger charge is 2.10. The highest BCUT2D eigenvalue weighted by Crippen LogP contribution is 2.27. The van der Waals surface area contributed by atoms with Crippen molar-refractivity contribution in [2.24, 2.45) is 0 Å². The number of methoxy groups -OCH3 is 1. The van der Waals surface area contributed by atoms with Gasteiger partial charge in [0.1, 0.15) is 11.5 Å². The highest BCUT2D eigenvalue weighted by atomic mass is 16.5. The Morgan fingerprint density at radius 3 is 2.50 bits per heavy atom. The zero-order valence-corrected chi connectivity index (χ0v) is 16.2. The first-order chi connectivity index (χ1) is 12.5. The van der Waals surface area contributed by atoms with Gasteiger partial charge in [0.05, 0.1) is 7.11 Å². The number of benzene rings is 2. The minimum Gasteiger partial charge on any atom is -0.497 e. The van der Waals surface area contributed by atoms with Crippen molar-refractivity contribution in [2.45, 2.75) is 39.5 Å². The summed E-state index contributed by atoms with van der Waals surface area (Å²) >= 11 is 0. The number of hydrogen-bond donors (Lipinski definition) is 1. The SMILES string of the molecule is COc1ccc(CCCNC(=O)COc2cc(C)ccc2C(C)C)cc1. The van der Waals surface area contributed by atoms with Crippen LogP contribution in [0.2, 0.25) is 0 Å². The summed E-state index contributed by atoms with van der Waals surface area (Å²) in [7, 11) is 1.66. The van der Waals surface area contributed by atoms with Gasteiger partial charge in [-0.25, -0.2) is 0 Å². The molecule has 1 amide bonds. The molecule has 4 heteroatoms. The molecule has 0 aliphatic rings. The topological polar surface area (TPSA) is 47.6 Å². The third-order valence-electron chi connectivity index (χ3n) is 4.27. The number of aryl methyl sites for hydroxylation is 2. The number of ether oxygens (including phenoxy) is 2. The quantitative estimate of drug-likeness (QED) is 0.684. The zero-order valence-electron chi connectivity index (χ0n) is 16.2. The Labute approximate surface area is 156 Å². The molecule has 2 rings (SSSR count). The fraction of sp³-hybridized carbons (Fsp3) is 0.409. The van der Waals surface area contributed by atoms with Crippen molar-refractivity contribution >= 4 is 5.91 Å². The minimum absolute atomic E-state index is 0.0473. The number of rotatable bonds is 9. The van der Waals surface area contributed by atoms with E-state index in [0.717, 1.165) is 35.5 Å². The molecule has 26 heavy (non-hydrogen) atoms. The third-order valence-corrected chi connectivity index (χ3v) is 4.27. The van der Waals surface area contributed by atoms with Gasteiger partial charge in [0.2, 0.25) is 0 Å². The monoisotopic (exact) mass is 355 g/mol. The van der Waals surface area contributed by atoms with E-state index < -0.39 is 0 Å². The lowest BCUT2D eigenvalue weighted by atomic mass is 10.0. The van der Waals surface area contributed by atoms with Crippen LogP contribution in [-0.4, -0.2) is 26.2 Å². The van der Waals surface area contributed by atoms with E-state index in [4.69, 9.17) is 9.47 Å². The molecule has 0 aromatic heterocycles.